The van der Waals surface area contributed by atoms with Crippen LogP contribution in [-0.2, 0) is 4.79 Å². The molecule has 0 radical (unpaired) electrons. The highest BCUT2D eigenvalue weighted by molar-refractivity contribution is 5.76. The van der Waals surface area contributed by atoms with E-state index in [9.17, 15) is 4.79 Å². The molecule has 0 aromatic rings. The van der Waals surface area contributed by atoms with Crippen molar-refractivity contribution in [2.75, 3.05) is 19.6 Å². The van der Waals surface area contributed by atoms with Crippen molar-refractivity contribution in [3.8, 4) is 0 Å². The van der Waals surface area contributed by atoms with Crippen LogP contribution in [0.2, 0.25) is 0 Å². The van der Waals surface area contributed by atoms with Crippen LogP contribution in [0.4, 0.5) is 0 Å². The predicted octanol–water partition coefficient (Wildman–Crippen LogP) is 2.02. The van der Waals surface area contributed by atoms with E-state index in [1.807, 2.05) is 0 Å². The van der Waals surface area contributed by atoms with Gasteiger partial charge in [0.25, 0.3) is 0 Å². The lowest BCUT2D eigenvalue weighted by molar-refractivity contribution is -0.122. The van der Waals surface area contributed by atoms with Gasteiger partial charge in [-0.1, -0.05) is 20.3 Å². The third-order valence-electron chi connectivity index (χ3n) is 4.63. The summed E-state index contributed by atoms with van der Waals surface area (Å²) < 4.78 is 0. The number of rotatable bonds is 6. The SMILES string of the molecule is CCN(CC)CCC(=O)NC1CC2CCC1C2. The number of hydrogen-bond acceptors (Lipinski definition) is 2. The van der Waals surface area contributed by atoms with Gasteiger partial charge in [0.2, 0.25) is 5.91 Å². The monoisotopic (exact) mass is 238 g/mol. The minimum Gasteiger partial charge on any atom is -0.353 e. The molecular weight excluding hydrogens is 212 g/mol. The van der Waals surface area contributed by atoms with E-state index in [0.29, 0.717) is 12.5 Å². The van der Waals surface area contributed by atoms with Crippen molar-refractivity contribution < 1.29 is 4.79 Å². The Labute approximate surface area is 105 Å². The van der Waals surface area contributed by atoms with Gasteiger partial charge in [0.05, 0.1) is 0 Å². The smallest absolute Gasteiger partial charge is 0.221 e. The molecule has 0 aromatic heterocycles. The fraction of sp³-hybridized carbons (Fsp3) is 0.929. The molecule has 3 atom stereocenters. The first-order valence-corrected chi connectivity index (χ1v) is 7.24. The van der Waals surface area contributed by atoms with Crippen LogP contribution in [0.3, 0.4) is 0 Å². The number of carbonyl (C=O) groups is 1. The zero-order valence-electron chi connectivity index (χ0n) is 11.2. The van der Waals surface area contributed by atoms with Crippen LogP contribution in [0, 0.1) is 11.8 Å². The van der Waals surface area contributed by atoms with E-state index in [4.69, 9.17) is 0 Å². The Hall–Kier alpha value is -0.570. The molecule has 2 fully saturated rings. The van der Waals surface area contributed by atoms with Crippen molar-refractivity contribution in [2.45, 2.75) is 52.0 Å². The minimum absolute atomic E-state index is 0.259. The number of carbonyl (C=O) groups excluding carboxylic acids is 1. The molecule has 1 N–H and O–H groups in total. The number of amides is 1. The first kappa shape index (κ1) is 12.9. The lowest BCUT2D eigenvalue weighted by Crippen LogP contribution is -2.40. The Morgan fingerprint density at radius 1 is 1.24 bits per heavy atom. The zero-order valence-corrected chi connectivity index (χ0v) is 11.2. The molecule has 1 amide bonds. The van der Waals surface area contributed by atoms with Crippen LogP contribution in [0.25, 0.3) is 0 Å². The Morgan fingerprint density at radius 3 is 2.53 bits per heavy atom. The van der Waals surface area contributed by atoms with Gasteiger partial charge in [-0.15, -0.1) is 0 Å². The van der Waals surface area contributed by atoms with Gasteiger partial charge in [0.15, 0.2) is 0 Å². The van der Waals surface area contributed by atoms with E-state index in [-0.39, 0.29) is 5.91 Å². The fourth-order valence-electron chi connectivity index (χ4n) is 3.50. The molecule has 0 heterocycles. The molecule has 0 saturated heterocycles. The maximum absolute atomic E-state index is 11.9. The zero-order chi connectivity index (χ0) is 12.3. The van der Waals surface area contributed by atoms with E-state index < -0.39 is 0 Å². The highest BCUT2D eigenvalue weighted by Crippen LogP contribution is 2.44. The molecule has 3 unspecified atom stereocenters. The van der Waals surface area contributed by atoms with Crippen molar-refractivity contribution in [1.82, 2.24) is 10.2 Å². The summed E-state index contributed by atoms with van der Waals surface area (Å²) in [6.07, 6.45) is 6.00. The van der Waals surface area contributed by atoms with Crippen molar-refractivity contribution in [3.63, 3.8) is 0 Å². The first-order valence-electron chi connectivity index (χ1n) is 7.24. The molecule has 2 rings (SSSR count). The summed E-state index contributed by atoms with van der Waals surface area (Å²) in [6, 6.07) is 0.498. The van der Waals surface area contributed by atoms with E-state index in [0.717, 1.165) is 31.5 Å². The van der Waals surface area contributed by atoms with E-state index in [1.165, 1.54) is 25.7 Å². The largest absolute Gasteiger partial charge is 0.353 e. The molecule has 0 aliphatic heterocycles. The van der Waals surface area contributed by atoms with Crippen LogP contribution < -0.4 is 5.32 Å². The summed E-state index contributed by atoms with van der Waals surface area (Å²) in [5.74, 6) is 1.96. The van der Waals surface area contributed by atoms with Gasteiger partial charge in [-0.3, -0.25) is 4.79 Å². The van der Waals surface area contributed by atoms with Gasteiger partial charge in [0.1, 0.15) is 0 Å². The second-order valence-electron chi connectivity index (χ2n) is 5.63. The van der Waals surface area contributed by atoms with Crippen molar-refractivity contribution >= 4 is 5.91 Å². The maximum atomic E-state index is 11.9. The third-order valence-corrected chi connectivity index (χ3v) is 4.63. The standard InChI is InChI=1S/C14H26N2O/c1-3-16(4-2)8-7-14(17)15-13-10-11-5-6-12(13)9-11/h11-13H,3-10H2,1-2H3,(H,15,17). The number of nitrogens with zero attached hydrogens (tertiary/aromatic N) is 1. The average Bonchev–Trinajstić information content (AvgIpc) is 2.92. The molecular formula is C14H26N2O. The van der Waals surface area contributed by atoms with E-state index in [1.54, 1.807) is 0 Å². The summed E-state index contributed by atoms with van der Waals surface area (Å²) >= 11 is 0. The topological polar surface area (TPSA) is 32.3 Å². The summed E-state index contributed by atoms with van der Waals surface area (Å²) in [5, 5.41) is 3.25. The van der Waals surface area contributed by atoms with E-state index in [2.05, 4.69) is 24.1 Å². The highest BCUT2D eigenvalue weighted by atomic mass is 16.1. The van der Waals surface area contributed by atoms with Gasteiger partial charge in [-0.25, -0.2) is 0 Å². The Morgan fingerprint density at radius 2 is 2.00 bits per heavy atom. The number of fused-ring (bicyclic) bond motifs is 2. The second kappa shape index (κ2) is 5.85. The van der Waals surface area contributed by atoms with Gasteiger partial charge in [-0.05, 0) is 44.2 Å². The molecule has 2 aliphatic carbocycles. The molecule has 3 heteroatoms. The van der Waals surface area contributed by atoms with Gasteiger partial charge < -0.3 is 10.2 Å². The Balaban J connectivity index is 1.67. The molecule has 2 aliphatic rings. The van der Waals surface area contributed by atoms with Crippen LogP contribution in [0.15, 0.2) is 0 Å². The summed E-state index contributed by atoms with van der Waals surface area (Å²) in [5.41, 5.74) is 0. The maximum Gasteiger partial charge on any atom is 0.221 e. The van der Waals surface area contributed by atoms with Crippen LogP contribution in [0.1, 0.15) is 46.0 Å². The molecule has 17 heavy (non-hydrogen) atoms. The third kappa shape index (κ3) is 3.21. The molecule has 0 aromatic carbocycles. The number of hydrogen-bond donors (Lipinski definition) is 1. The normalized spacial score (nSPS) is 31.1. The quantitative estimate of drug-likeness (QED) is 0.768. The molecule has 3 nitrogen and oxygen atoms in total. The fourth-order valence-corrected chi connectivity index (χ4v) is 3.50. The predicted molar refractivity (Wildman–Crippen MR) is 69.8 cm³/mol. The van der Waals surface area contributed by atoms with Crippen LogP contribution in [-0.4, -0.2) is 36.5 Å². The highest BCUT2D eigenvalue weighted by Gasteiger charge is 2.39. The van der Waals surface area contributed by atoms with Crippen molar-refractivity contribution in [2.24, 2.45) is 11.8 Å². The molecule has 0 spiro atoms. The Bertz CT molecular complexity index is 263. The average molecular weight is 238 g/mol. The lowest BCUT2D eigenvalue weighted by Gasteiger charge is -2.24. The number of nitrogens with one attached hydrogen (secondary N) is 1. The van der Waals surface area contributed by atoms with Crippen molar-refractivity contribution in [1.29, 1.82) is 0 Å². The lowest BCUT2D eigenvalue weighted by atomic mass is 9.95. The van der Waals surface area contributed by atoms with Gasteiger partial charge in [0, 0.05) is 19.0 Å². The molecule has 98 valence electrons. The minimum atomic E-state index is 0.259. The van der Waals surface area contributed by atoms with Gasteiger partial charge in [-0.2, -0.15) is 0 Å². The van der Waals surface area contributed by atoms with Crippen LogP contribution in [0.5, 0.6) is 0 Å². The summed E-state index contributed by atoms with van der Waals surface area (Å²) in [6.45, 7) is 7.28. The molecule has 2 bridgehead atoms. The van der Waals surface area contributed by atoms with Crippen LogP contribution >= 0.6 is 0 Å². The van der Waals surface area contributed by atoms with E-state index >= 15 is 0 Å². The molecule has 2 saturated carbocycles. The summed E-state index contributed by atoms with van der Waals surface area (Å²) in [4.78, 5) is 14.2. The Kier molecular flexibility index (Phi) is 4.43. The van der Waals surface area contributed by atoms with Gasteiger partial charge >= 0.3 is 0 Å². The van der Waals surface area contributed by atoms with Crippen molar-refractivity contribution in [3.05, 3.63) is 0 Å². The second-order valence-corrected chi connectivity index (χ2v) is 5.63. The summed E-state index contributed by atoms with van der Waals surface area (Å²) in [7, 11) is 0. The first-order chi connectivity index (χ1) is 8.22.